The first kappa shape index (κ1) is 22.8. The van der Waals surface area contributed by atoms with Crippen molar-refractivity contribution >= 4 is 5.96 Å². The summed E-state index contributed by atoms with van der Waals surface area (Å²) >= 11 is 0. The minimum Gasteiger partial charge on any atom is -0.490 e. The van der Waals surface area contributed by atoms with Crippen LogP contribution in [0, 0.1) is 11.7 Å². The lowest BCUT2D eigenvalue weighted by atomic mass is 10.1. The van der Waals surface area contributed by atoms with Gasteiger partial charge in [-0.15, -0.1) is 0 Å². The lowest BCUT2D eigenvalue weighted by molar-refractivity contribution is 0.283. The second kappa shape index (κ2) is 11.5. The van der Waals surface area contributed by atoms with E-state index in [2.05, 4.69) is 34.4 Å². The molecule has 1 atom stereocenters. The number of nitrogens with one attached hydrogen (secondary N) is 2. The first-order valence-electron chi connectivity index (χ1n) is 11.4. The SMILES string of the molecule is CCNC(=NCCN1CCCN(C)CC1)NC(C)c1ccc(OCC2CC2)c(F)c1. The highest BCUT2D eigenvalue weighted by molar-refractivity contribution is 5.80. The molecule has 0 bridgehead atoms. The summed E-state index contributed by atoms with van der Waals surface area (Å²) in [5, 5.41) is 6.70. The molecule has 3 rings (SSSR count). The van der Waals surface area contributed by atoms with Gasteiger partial charge in [0.2, 0.25) is 0 Å². The molecular weight excluding hydrogens is 381 g/mol. The largest absolute Gasteiger partial charge is 0.490 e. The molecule has 0 radical (unpaired) electrons. The summed E-state index contributed by atoms with van der Waals surface area (Å²) in [5.41, 5.74) is 0.882. The number of ether oxygens (including phenoxy) is 1. The number of aliphatic imine (C=N–C) groups is 1. The van der Waals surface area contributed by atoms with Crippen LogP contribution in [0.2, 0.25) is 0 Å². The maximum atomic E-state index is 14.4. The molecule has 1 saturated heterocycles. The number of hydrogen-bond donors (Lipinski definition) is 2. The molecule has 2 N–H and O–H groups in total. The molecule has 2 aliphatic rings. The summed E-state index contributed by atoms with van der Waals surface area (Å²) in [5.74, 6) is 1.43. The zero-order valence-corrected chi connectivity index (χ0v) is 18.8. The maximum Gasteiger partial charge on any atom is 0.191 e. The molecule has 30 heavy (non-hydrogen) atoms. The van der Waals surface area contributed by atoms with E-state index in [1.165, 1.54) is 25.8 Å². The van der Waals surface area contributed by atoms with Crippen molar-refractivity contribution in [2.45, 2.75) is 39.2 Å². The molecule has 1 aromatic carbocycles. The Morgan fingerprint density at radius 2 is 2.10 bits per heavy atom. The predicted molar refractivity (Wildman–Crippen MR) is 121 cm³/mol. The van der Waals surface area contributed by atoms with Crippen molar-refractivity contribution in [1.82, 2.24) is 20.4 Å². The van der Waals surface area contributed by atoms with Gasteiger partial charge in [-0.1, -0.05) is 6.07 Å². The van der Waals surface area contributed by atoms with Crippen LogP contribution in [0.3, 0.4) is 0 Å². The number of nitrogens with zero attached hydrogens (tertiary/aromatic N) is 3. The van der Waals surface area contributed by atoms with Crippen molar-refractivity contribution in [3.05, 3.63) is 29.6 Å². The second-order valence-electron chi connectivity index (χ2n) is 8.57. The highest BCUT2D eigenvalue weighted by Crippen LogP contribution is 2.30. The van der Waals surface area contributed by atoms with Crippen LogP contribution in [-0.4, -0.2) is 75.2 Å². The van der Waals surface area contributed by atoms with Crippen LogP contribution in [0.4, 0.5) is 4.39 Å². The summed E-state index contributed by atoms with van der Waals surface area (Å²) in [4.78, 5) is 9.61. The second-order valence-corrected chi connectivity index (χ2v) is 8.57. The van der Waals surface area contributed by atoms with E-state index in [0.717, 1.165) is 50.8 Å². The smallest absolute Gasteiger partial charge is 0.191 e. The van der Waals surface area contributed by atoms with Crippen LogP contribution in [0.15, 0.2) is 23.2 Å². The van der Waals surface area contributed by atoms with E-state index < -0.39 is 0 Å². The summed E-state index contributed by atoms with van der Waals surface area (Å²) in [6.45, 7) is 11.7. The number of guanidine groups is 1. The van der Waals surface area contributed by atoms with Gasteiger partial charge >= 0.3 is 0 Å². The van der Waals surface area contributed by atoms with Gasteiger partial charge in [0.25, 0.3) is 0 Å². The number of halogens is 1. The Labute approximate surface area is 180 Å². The Hall–Kier alpha value is -1.86. The third-order valence-corrected chi connectivity index (χ3v) is 5.82. The van der Waals surface area contributed by atoms with Crippen LogP contribution >= 0.6 is 0 Å². The highest BCUT2D eigenvalue weighted by atomic mass is 19.1. The minimum atomic E-state index is -0.296. The van der Waals surface area contributed by atoms with E-state index in [1.54, 1.807) is 12.1 Å². The van der Waals surface area contributed by atoms with Crippen molar-refractivity contribution in [3.63, 3.8) is 0 Å². The molecule has 1 unspecified atom stereocenters. The van der Waals surface area contributed by atoms with Crippen molar-refractivity contribution < 1.29 is 9.13 Å². The molecule has 1 aliphatic carbocycles. The summed E-state index contributed by atoms with van der Waals surface area (Å²) in [6.07, 6.45) is 3.60. The average molecular weight is 420 g/mol. The van der Waals surface area contributed by atoms with Gasteiger partial charge in [-0.25, -0.2) is 4.39 Å². The van der Waals surface area contributed by atoms with Gasteiger partial charge in [0.1, 0.15) is 0 Å². The van der Waals surface area contributed by atoms with Gasteiger partial charge in [-0.05, 0) is 76.9 Å². The van der Waals surface area contributed by atoms with Crippen LogP contribution in [0.1, 0.15) is 44.7 Å². The summed E-state index contributed by atoms with van der Waals surface area (Å²) in [6, 6.07) is 5.19. The molecule has 7 heteroatoms. The number of likely N-dealkylation sites (N-methyl/N-ethyl adjacent to an activating group) is 1. The van der Waals surface area contributed by atoms with Crippen LogP contribution in [0.5, 0.6) is 5.75 Å². The van der Waals surface area contributed by atoms with E-state index in [4.69, 9.17) is 9.73 Å². The van der Waals surface area contributed by atoms with Gasteiger partial charge in [0.15, 0.2) is 17.5 Å². The fourth-order valence-corrected chi connectivity index (χ4v) is 3.63. The van der Waals surface area contributed by atoms with E-state index in [-0.39, 0.29) is 11.9 Å². The lowest BCUT2D eigenvalue weighted by Gasteiger charge is -2.21. The van der Waals surface area contributed by atoms with E-state index in [1.807, 2.05) is 13.0 Å². The Kier molecular flexibility index (Phi) is 8.75. The van der Waals surface area contributed by atoms with Gasteiger partial charge < -0.3 is 25.2 Å². The monoisotopic (exact) mass is 419 g/mol. The van der Waals surface area contributed by atoms with Gasteiger partial charge in [-0.2, -0.15) is 0 Å². The van der Waals surface area contributed by atoms with Crippen molar-refractivity contribution in [2.75, 3.05) is 59.5 Å². The Bertz CT molecular complexity index is 694. The molecule has 1 heterocycles. The fraction of sp³-hybridized carbons (Fsp3) is 0.696. The maximum absolute atomic E-state index is 14.4. The standard InChI is InChI=1S/C23H38FN5O/c1-4-25-23(26-10-13-29-12-5-11-28(3)14-15-29)27-18(2)20-8-9-22(21(24)16-20)30-17-19-6-7-19/h8-9,16,18-19H,4-7,10-15,17H2,1-3H3,(H2,25,26,27). The third kappa shape index (κ3) is 7.43. The van der Waals surface area contributed by atoms with E-state index >= 15 is 0 Å². The molecule has 0 aromatic heterocycles. The van der Waals surface area contributed by atoms with Gasteiger partial charge in [0.05, 0.1) is 19.2 Å². The average Bonchev–Trinajstić information content (AvgIpc) is 3.56. The fourth-order valence-electron chi connectivity index (χ4n) is 3.63. The van der Waals surface area contributed by atoms with Crippen LogP contribution in [0.25, 0.3) is 0 Å². The molecule has 2 fully saturated rings. The van der Waals surface area contributed by atoms with Crippen LogP contribution < -0.4 is 15.4 Å². The van der Waals surface area contributed by atoms with E-state index in [9.17, 15) is 4.39 Å². The van der Waals surface area contributed by atoms with E-state index in [0.29, 0.717) is 18.3 Å². The summed E-state index contributed by atoms with van der Waals surface area (Å²) in [7, 11) is 2.19. The topological polar surface area (TPSA) is 52.1 Å². The number of rotatable bonds is 9. The van der Waals surface area contributed by atoms with Crippen molar-refractivity contribution in [1.29, 1.82) is 0 Å². The Morgan fingerprint density at radius 1 is 1.27 bits per heavy atom. The lowest BCUT2D eigenvalue weighted by Crippen LogP contribution is -2.39. The van der Waals surface area contributed by atoms with Gasteiger partial charge in [0, 0.05) is 26.2 Å². The quantitative estimate of drug-likeness (QED) is 0.476. The molecule has 168 valence electrons. The highest BCUT2D eigenvalue weighted by Gasteiger charge is 2.22. The zero-order chi connectivity index (χ0) is 21.3. The third-order valence-electron chi connectivity index (χ3n) is 5.82. The number of hydrogen-bond acceptors (Lipinski definition) is 4. The Balaban J connectivity index is 1.51. The predicted octanol–water partition coefficient (Wildman–Crippen LogP) is 2.87. The normalized spacial score (nSPS) is 19.9. The first-order valence-corrected chi connectivity index (χ1v) is 11.4. The molecular formula is C23H38FN5O. The van der Waals surface area contributed by atoms with Crippen LogP contribution in [-0.2, 0) is 0 Å². The molecule has 1 aromatic rings. The zero-order valence-electron chi connectivity index (χ0n) is 18.8. The Morgan fingerprint density at radius 3 is 2.83 bits per heavy atom. The molecule has 0 spiro atoms. The number of benzene rings is 1. The molecule has 0 amide bonds. The summed E-state index contributed by atoms with van der Waals surface area (Å²) < 4.78 is 20.0. The van der Waals surface area contributed by atoms with Crippen molar-refractivity contribution in [3.8, 4) is 5.75 Å². The first-order chi connectivity index (χ1) is 14.5. The molecule has 1 aliphatic heterocycles. The molecule has 1 saturated carbocycles. The van der Waals surface area contributed by atoms with Gasteiger partial charge in [-0.3, -0.25) is 4.99 Å². The molecule has 6 nitrogen and oxygen atoms in total. The van der Waals surface area contributed by atoms with Crippen molar-refractivity contribution in [2.24, 2.45) is 10.9 Å². The minimum absolute atomic E-state index is 0.0541.